The van der Waals surface area contributed by atoms with Crippen molar-refractivity contribution in [2.45, 2.75) is 13.8 Å². The maximum atomic E-state index is 12.7. The molecule has 1 saturated heterocycles. The average Bonchev–Trinajstić information content (AvgIpc) is 3.30. The molecule has 0 spiro atoms. The molecule has 1 aliphatic heterocycles. The molecule has 0 aliphatic carbocycles. The Morgan fingerprint density at radius 2 is 1.83 bits per heavy atom. The molecule has 0 unspecified atom stereocenters. The second kappa shape index (κ2) is 8.40. The molecule has 0 bridgehead atoms. The van der Waals surface area contributed by atoms with Crippen LogP contribution in [0.2, 0.25) is 0 Å². The lowest BCUT2D eigenvalue weighted by atomic mass is 10.2. The van der Waals surface area contributed by atoms with Gasteiger partial charge in [-0.25, -0.2) is 19.7 Å². The minimum absolute atomic E-state index is 0.0964. The van der Waals surface area contributed by atoms with Crippen LogP contribution in [-0.4, -0.2) is 63.7 Å². The summed E-state index contributed by atoms with van der Waals surface area (Å²) in [5.41, 5.74) is 1.75. The van der Waals surface area contributed by atoms with Gasteiger partial charge in [0.05, 0.1) is 7.11 Å². The zero-order valence-electron chi connectivity index (χ0n) is 17.4. The van der Waals surface area contributed by atoms with Gasteiger partial charge >= 0.3 is 6.03 Å². The summed E-state index contributed by atoms with van der Waals surface area (Å²) in [5.74, 6) is 3.11. The lowest BCUT2D eigenvalue weighted by Crippen LogP contribution is -2.50. The highest BCUT2D eigenvalue weighted by atomic mass is 16.5. The number of ether oxygens (including phenoxy) is 1. The van der Waals surface area contributed by atoms with E-state index in [0.717, 1.165) is 28.6 Å². The second-order valence-electron chi connectivity index (χ2n) is 7.19. The van der Waals surface area contributed by atoms with Crippen molar-refractivity contribution in [1.82, 2.24) is 24.4 Å². The van der Waals surface area contributed by atoms with E-state index in [1.807, 2.05) is 53.8 Å². The normalized spacial score (nSPS) is 14.0. The van der Waals surface area contributed by atoms with Crippen LogP contribution < -0.4 is 15.0 Å². The van der Waals surface area contributed by atoms with Gasteiger partial charge in [-0.1, -0.05) is 0 Å². The van der Waals surface area contributed by atoms with Crippen molar-refractivity contribution in [2.75, 3.05) is 43.5 Å². The van der Waals surface area contributed by atoms with Crippen LogP contribution in [0.25, 0.3) is 5.82 Å². The molecule has 0 atom stereocenters. The Morgan fingerprint density at radius 1 is 1.07 bits per heavy atom. The van der Waals surface area contributed by atoms with Gasteiger partial charge in [0, 0.05) is 50.3 Å². The number of benzene rings is 1. The number of anilines is 2. The monoisotopic (exact) mass is 407 g/mol. The first-order valence-electron chi connectivity index (χ1n) is 9.83. The van der Waals surface area contributed by atoms with Crippen LogP contribution in [0.15, 0.2) is 43.0 Å². The van der Waals surface area contributed by atoms with Crippen molar-refractivity contribution >= 4 is 17.5 Å². The molecule has 0 saturated carbocycles. The number of hydrogen-bond acceptors (Lipinski definition) is 6. The fourth-order valence-corrected chi connectivity index (χ4v) is 3.46. The molecule has 156 valence electrons. The van der Waals surface area contributed by atoms with Crippen molar-refractivity contribution in [1.29, 1.82) is 0 Å². The highest BCUT2D eigenvalue weighted by Crippen LogP contribution is 2.22. The number of aryl methyl sites for hydroxylation is 2. The van der Waals surface area contributed by atoms with E-state index >= 15 is 0 Å². The van der Waals surface area contributed by atoms with Crippen LogP contribution in [0, 0.1) is 13.8 Å². The molecule has 1 N–H and O–H groups in total. The number of amides is 2. The molecule has 2 amide bonds. The number of nitrogens with one attached hydrogen (secondary N) is 1. The number of aromatic nitrogens is 4. The molecule has 9 heteroatoms. The third kappa shape index (κ3) is 4.19. The van der Waals surface area contributed by atoms with E-state index in [-0.39, 0.29) is 6.03 Å². The van der Waals surface area contributed by atoms with E-state index in [1.165, 1.54) is 0 Å². The van der Waals surface area contributed by atoms with E-state index in [1.54, 1.807) is 19.6 Å². The van der Waals surface area contributed by atoms with E-state index in [2.05, 4.69) is 25.2 Å². The van der Waals surface area contributed by atoms with Crippen LogP contribution in [0.1, 0.15) is 11.4 Å². The van der Waals surface area contributed by atoms with Crippen LogP contribution in [0.5, 0.6) is 5.75 Å². The Balaban J connectivity index is 1.40. The van der Waals surface area contributed by atoms with Gasteiger partial charge in [0.1, 0.15) is 29.5 Å². The summed E-state index contributed by atoms with van der Waals surface area (Å²) >= 11 is 0. The van der Waals surface area contributed by atoms with E-state index in [4.69, 9.17) is 4.74 Å². The zero-order valence-corrected chi connectivity index (χ0v) is 17.4. The Labute approximate surface area is 175 Å². The minimum atomic E-state index is -0.0964. The standard InChI is InChI=1S/C21H25N7O2/c1-15-12-17(30-3)4-5-18(15)25-21(29)27-10-8-26(9-11-27)19-13-20(24-16(2)23-19)28-7-6-22-14-28/h4-7,12-14H,8-11H2,1-3H3,(H,25,29). The molecule has 0 radical (unpaired) electrons. The number of rotatable bonds is 4. The van der Waals surface area contributed by atoms with Gasteiger partial charge in [-0.2, -0.15) is 0 Å². The number of methoxy groups -OCH3 is 1. The smallest absolute Gasteiger partial charge is 0.321 e. The molecule has 4 rings (SSSR count). The highest BCUT2D eigenvalue weighted by molar-refractivity contribution is 5.90. The number of carbonyl (C=O) groups excluding carboxylic acids is 1. The topological polar surface area (TPSA) is 88.4 Å². The number of imidazole rings is 1. The number of nitrogens with zero attached hydrogens (tertiary/aromatic N) is 6. The van der Waals surface area contributed by atoms with Gasteiger partial charge in [0.2, 0.25) is 0 Å². The van der Waals surface area contributed by atoms with Crippen molar-refractivity contribution < 1.29 is 9.53 Å². The highest BCUT2D eigenvalue weighted by Gasteiger charge is 2.23. The van der Waals surface area contributed by atoms with Crippen molar-refractivity contribution in [3.8, 4) is 11.6 Å². The molecule has 3 heterocycles. The Hall–Kier alpha value is -3.62. The average molecular weight is 407 g/mol. The Kier molecular flexibility index (Phi) is 5.51. The van der Waals surface area contributed by atoms with E-state index in [9.17, 15) is 4.79 Å². The maximum absolute atomic E-state index is 12.7. The summed E-state index contributed by atoms with van der Waals surface area (Å²) < 4.78 is 7.08. The zero-order chi connectivity index (χ0) is 21.1. The number of carbonyl (C=O) groups is 1. The van der Waals surface area contributed by atoms with Crippen LogP contribution in [-0.2, 0) is 0 Å². The number of urea groups is 1. The van der Waals surface area contributed by atoms with Crippen molar-refractivity contribution in [2.24, 2.45) is 0 Å². The molecular weight excluding hydrogens is 382 g/mol. The minimum Gasteiger partial charge on any atom is -0.497 e. The van der Waals surface area contributed by atoms with Gasteiger partial charge in [0.25, 0.3) is 0 Å². The third-order valence-corrected chi connectivity index (χ3v) is 5.15. The van der Waals surface area contributed by atoms with Crippen molar-refractivity contribution in [3.05, 3.63) is 54.4 Å². The first-order valence-corrected chi connectivity index (χ1v) is 9.83. The lowest BCUT2D eigenvalue weighted by Gasteiger charge is -2.35. The quantitative estimate of drug-likeness (QED) is 0.715. The molecule has 3 aromatic rings. The fraction of sp³-hybridized carbons (Fsp3) is 0.333. The van der Waals surface area contributed by atoms with E-state index < -0.39 is 0 Å². The molecular formula is C21H25N7O2. The summed E-state index contributed by atoms with van der Waals surface area (Å²) in [6.07, 6.45) is 5.29. The van der Waals surface area contributed by atoms with Crippen molar-refractivity contribution in [3.63, 3.8) is 0 Å². The third-order valence-electron chi connectivity index (χ3n) is 5.15. The van der Waals surface area contributed by atoms with Crippen LogP contribution in [0.4, 0.5) is 16.3 Å². The fourth-order valence-electron chi connectivity index (χ4n) is 3.46. The Bertz CT molecular complexity index is 1030. The summed E-state index contributed by atoms with van der Waals surface area (Å²) in [6, 6.07) is 7.47. The summed E-state index contributed by atoms with van der Waals surface area (Å²) in [7, 11) is 1.63. The Morgan fingerprint density at radius 3 is 2.50 bits per heavy atom. The maximum Gasteiger partial charge on any atom is 0.321 e. The lowest BCUT2D eigenvalue weighted by molar-refractivity contribution is 0.208. The van der Waals surface area contributed by atoms with Gasteiger partial charge in [-0.15, -0.1) is 0 Å². The molecule has 9 nitrogen and oxygen atoms in total. The second-order valence-corrected chi connectivity index (χ2v) is 7.19. The molecule has 1 fully saturated rings. The summed E-state index contributed by atoms with van der Waals surface area (Å²) in [5, 5.41) is 3.00. The molecule has 1 aliphatic rings. The number of piperazine rings is 1. The predicted octanol–water partition coefficient (Wildman–Crippen LogP) is 2.64. The van der Waals surface area contributed by atoms with Crippen LogP contribution in [0.3, 0.4) is 0 Å². The first-order chi connectivity index (χ1) is 14.5. The molecule has 2 aromatic heterocycles. The first kappa shape index (κ1) is 19.7. The van der Waals surface area contributed by atoms with Gasteiger partial charge in [-0.05, 0) is 37.6 Å². The predicted molar refractivity (Wildman–Crippen MR) is 114 cm³/mol. The van der Waals surface area contributed by atoms with E-state index in [0.29, 0.717) is 32.0 Å². The summed E-state index contributed by atoms with van der Waals surface area (Å²) in [6.45, 7) is 6.47. The molecule has 30 heavy (non-hydrogen) atoms. The van der Waals surface area contributed by atoms with Gasteiger partial charge in [0.15, 0.2) is 0 Å². The molecule has 1 aromatic carbocycles. The van der Waals surface area contributed by atoms with Gasteiger partial charge in [-0.3, -0.25) is 4.57 Å². The SMILES string of the molecule is COc1ccc(NC(=O)N2CCN(c3cc(-n4ccnc4)nc(C)n3)CC2)c(C)c1. The number of hydrogen-bond donors (Lipinski definition) is 1. The largest absolute Gasteiger partial charge is 0.497 e. The van der Waals surface area contributed by atoms with Crippen LogP contribution >= 0.6 is 0 Å². The summed E-state index contributed by atoms with van der Waals surface area (Å²) in [4.78, 5) is 29.9. The van der Waals surface area contributed by atoms with Gasteiger partial charge < -0.3 is 19.9 Å².